The lowest BCUT2D eigenvalue weighted by Gasteiger charge is -2.08. The number of aryl methyl sites for hydroxylation is 1. The van der Waals surface area contributed by atoms with E-state index in [2.05, 4.69) is 73.9 Å². The summed E-state index contributed by atoms with van der Waals surface area (Å²) in [5, 5.41) is 1.36. The lowest BCUT2D eigenvalue weighted by molar-refractivity contribution is -0.664. The summed E-state index contributed by atoms with van der Waals surface area (Å²) < 4.78 is 3.78. The summed E-state index contributed by atoms with van der Waals surface area (Å²) in [6.45, 7) is 7.70. The first-order valence-electron chi connectivity index (χ1n) is 7.66. The minimum atomic E-state index is 0.649. The van der Waals surface area contributed by atoms with Gasteiger partial charge in [0, 0.05) is 18.6 Å². The molecular weight excluding hydrogens is 274 g/mol. The molecule has 0 spiro atoms. The first-order chi connectivity index (χ1) is 10.2. The van der Waals surface area contributed by atoms with Gasteiger partial charge in [-0.05, 0) is 24.0 Å². The highest BCUT2D eigenvalue weighted by molar-refractivity contribution is 7.18. The molecule has 0 aliphatic heterocycles. The maximum absolute atomic E-state index is 2.41. The summed E-state index contributed by atoms with van der Waals surface area (Å²) in [5.74, 6) is 0.649. The van der Waals surface area contributed by atoms with Crippen LogP contribution in [0.1, 0.15) is 42.3 Å². The molecule has 0 aliphatic rings. The third-order valence-corrected chi connectivity index (χ3v) is 5.38. The highest BCUT2D eigenvalue weighted by Crippen LogP contribution is 2.21. The number of para-hydroxylation sites is 1. The van der Waals surface area contributed by atoms with Crippen molar-refractivity contribution < 1.29 is 4.57 Å². The van der Waals surface area contributed by atoms with Crippen molar-refractivity contribution in [2.75, 3.05) is 0 Å². The van der Waals surface area contributed by atoms with Crippen molar-refractivity contribution in [1.29, 1.82) is 0 Å². The fourth-order valence-corrected chi connectivity index (χ4v) is 3.74. The molecule has 1 atom stereocenters. The van der Waals surface area contributed by atoms with Crippen LogP contribution < -0.4 is 4.57 Å². The molecule has 0 N–H and O–H groups in total. The second-order valence-electron chi connectivity index (χ2n) is 5.73. The Labute approximate surface area is 130 Å². The average molecular weight is 296 g/mol. The molecule has 0 aliphatic carbocycles. The van der Waals surface area contributed by atoms with Gasteiger partial charge in [0.15, 0.2) is 6.54 Å². The van der Waals surface area contributed by atoms with Gasteiger partial charge in [0.25, 0.3) is 0 Å². The van der Waals surface area contributed by atoms with E-state index in [4.69, 9.17) is 0 Å². The van der Waals surface area contributed by atoms with E-state index >= 15 is 0 Å². The van der Waals surface area contributed by atoms with Crippen LogP contribution in [0.3, 0.4) is 0 Å². The number of hydrogen-bond donors (Lipinski definition) is 0. The fraction of sp³-hybridized carbons (Fsp3) is 0.316. The van der Waals surface area contributed by atoms with Crippen LogP contribution >= 0.6 is 11.3 Å². The van der Waals surface area contributed by atoms with Gasteiger partial charge in [-0.3, -0.25) is 0 Å². The summed E-state index contributed by atoms with van der Waals surface area (Å²) in [4.78, 5) is 0. The summed E-state index contributed by atoms with van der Waals surface area (Å²) in [5.41, 5.74) is 4.16. The zero-order chi connectivity index (χ0) is 14.8. The molecule has 1 aromatic heterocycles. The Morgan fingerprint density at radius 1 is 1.05 bits per heavy atom. The monoisotopic (exact) mass is 296 g/mol. The van der Waals surface area contributed by atoms with Crippen molar-refractivity contribution >= 4 is 21.6 Å². The van der Waals surface area contributed by atoms with E-state index in [1.54, 1.807) is 0 Å². The molecule has 0 bridgehead atoms. The fourth-order valence-electron chi connectivity index (χ4n) is 2.72. The molecule has 1 unspecified atom stereocenters. The van der Waals surface area contributed by atoms with Gasteiger partial charge in [-0.1, -0.05) is 61.6 Å². The van der Waals surface area contributed by atoms with Gasteiger partial charge in [-0.2, -0.15) is 4.57 Å². The van der Waals surface area contributed by atoms with Crippen LogP contribution in [0.15, 0.2) is 48.5 Å². The van der Waals surface area contributed by atoms with Gasteiger partial charge in [0.2, 0.25) is 10.5 Å². The normalized spacial score (nSPS) is 12.7. The quantitative estimate of drug-likeness (QED) is 0.593. The molecule has 108 valence electrons. The smallest absolute Gasteiger partial charge is 0.182 e. The highest BCUT2D eigenvalue weighted by Gasteiger charge is 2.16. The van der Waals surface area contributed by atoms with E-state index in [1.165, 1.54) is 32.8 Å². The van der Waals surface area contributed by atoms with E-state index in [0.717, 1.165) is 6.54 Å². The van der Waals surface area contributed by atoms with Gasteiger partial charge in [-0.15, -0.1) is 0 Å². The SMILES string of the molecule is CCC(C)c1ccc(C[n+]2c(C)sc3ccccc32)cc1. The maximum atomic E-state index is 2.41. The Morgan fingerprint density at radius 2 is 1.76 bits per heavy atom. The highest BCUT2D eigenvalue weighted by atomic mass is 32.1. The van der Waals surface area contributed by atoms with E-state index < -0.39 is 0 Å². The lowest BCUT2D eigenvalue weighted by Crippen LogP contribution is -2.35. The predicted octanol–water partition coefficient (Wildman–Crippen LogP) is 5.06. The zero-order valence-electron chi connectivity index (χ0n) is 13.0. The molecule has 0 saturated heterocycles. The summed E-state index contributed by atoms with van der Waals surface area (Å²) in [6, 6.07) is 17.8. The third kappa shape index (κ3) is 2.86. The van der Waals surface area contributed by atoms with Crippen molar-refractivity contribution in [2.45, 2.75) is 39.7 Å². The number of hydrogen-bond acceptors (Lipinski definition) is 1. The van der Waals surface area contributed by atoms with Crippen LogP contribution in [0.25, 0.3) is 10.2 Å². The Kier molecular flexibility index (Phi) is 4.07. The molecule has 2 heteroatoms. The van der Waals surface area contributed by atoms with Crippen molar-refractivity contribution in [2.24, 2.45) is 0 Å². The first-order valence-corrected chi connectivity index (χ1v) is 8.47. The number of fused-ring (bicyclic) bond motifs is 1. The van der Waals surface area contributed by atoms with Gasteiger partial charge in [-0.25, -0.2) is 0 Å². The minimum absolute atomic E-state index is 0.649. The first kappa shape index (κ1) is 14.3. The molecule has 3 aromatic rings. The van der Waals surface area contributed by atoms with Crippen LogP contribution in [-0.4, -0.2) is 0 Å². The van der Waals surface area contributed by atoms with Gasteiger partial charge >= 0.3 is 0 Å². The zero-order valence-corrected chi connectivity index (χ0v) is 13.8. The van der Waals surface area contributed by atoms with Gasteiger partial charge in [0.05, 0.1) is 0 Å². The molecule has 2 aromatic carbocycles. The third-order valence-electron chi connectivity index (χ3n) is 4.30. The van der Waals surface area contributed by atoms with Crippen LogP contribution in [0.5, 0.6) is 0 Å². The largest absolute Gasteiger partial charge is 0.235 e. The Bertz CT molecular complexity index is 740. The van der Waals surface area contributed by atoms with Crippen molar-refractivity contribution in [3.05, 3.63) is 64.7 Å². The Morgan fingerprint density at radius 3 is 2.48 bits per heavy atom. The molecule has 1 nitrogen and oxygen atoms in total. The molecule has 3 rings (SSSR count). The molecule has 0 fully saturated rings. The Balaban J connectivity index is 1.90. The summed E-state index contributed by atoms with van der Waals surface area (Å²) in [6.07, 6.45) is 1.20. The van der Waals surface area contributed by atoms with Crippen LogP contribution in [-0.2, 0) is 6.54 Å². The Hall–Kier alpha value is -1.67. The van der Waals surface area contributed by atoms with Crippen LogP contribution in [0.2, 0.25) is 0 Å². The van der Waals surface area contributed by atoms with E-state index in [9.17, 15) is 0 Å². The van der Waals surface area contributed by atoms with E-state index in [-0.39, 0.29) is 0 Å². The number of rotatable bonds is 4. The van der Waals surface area contributed by atoms with Crippen molar-refractivity contribution in [3.8, 4) is 0 Å². The molecule has 0 saturated carbocycles. The maximum Gasteiger partial charge on any atom is 0.235 e. The topological polar surface area (TPSA) is 3.88 Å². The van der Waals surface area contributed by atoms with Crippen LogP contribution in [0.4, 0.5) is 0 Å². The summed E-state index contributed by atoms with van der Waals surface area (Å²) in [7, 11) is 0. The predicted molar refractivity (Wildman–Crippen MR) is 91.0 cm³/mol. The molecule has 21 heavy (non-hydrogen) atoms. The second-order valence-corrected chi connectivity index (χ2v) is 6.96. The molecule has 0 amide bonds. The van der Waals surface area contributed by atoms with E-state index in [0.29, 0.717) is 5.92 Å². The van der Waals surface area contributed by atoms with Crippen LogP contribution in [0, 0.1) is 6.92 Å². The molecule has 0 radical (unpaired) electrons. The van der Waals surface area contributed by atoms with E-state index in [1.807, 2.05) is 11.3 Å². The molecular formula is C19H22NS+. The minimum Gasteiger partial charge on any atom is -0.182 e. The number of aromatic nitrogens is 1. The molecule has 1 heterocycles. The van der Waals surface area contributed by atoms with Gasteiger partial charge in [0.1, 0.15) is 4.70 Å². The standard InChI is InChI=1S/C19H22NS/c1-4-14(2)17-11-9-16(10-12-17)13-20-15(3)21-19-8-6-5-7-18(19)20/h5-12,14H,4,13H2,1-3H3/q+1. The average Bonchev–Trinajstić information content (AvgIpc) is 2.83. The lowest BCUT2D eigenvalue weighted by atomic mass is 9.98. The van der Waals surface area contributed by atoms with Crippen molar-refractivity contribution in [1.82, 2.24) is 0 Å². The number of nitrogens with zero attached hydrogens (tertiary/aromatic N) is 1. The number of thiazole rings is 1. The second kappa shape index (κ2) is 5.98. The van der Waals surface area contributed by atoms with Crippen molar-refractivity contribution in [3.63, 3.8) is 0 Å². The number of benzene rings is 2. The van der Waals surface area contributed by atoms with Gasteiger partial charge < -0.3 is 0 Å². The summed E-state index contributed by atoms with van der Waals surface area (Å²) >= 11 is 1.87.